The molecule has 0 saturated carbocycles. The Hall–Kier alpha value is -1.09. The molecule has 0 spiro atoms. The van der Waals surface area contributed by atoms with Crippen LogP contribution in [0.15, 0.2) is 0 Å². The van der Waals surface area contributed by atoms with Gasteiger partial charge in [-0.05, 0) is 61.8 Å². The fourth-order valence-electron chi connectivity index (χ4n) is 1.72. The Balaban J connectivity index is 4.42. The lowest BCUT2D eigenvalue weighted by molar-refractivity contribution is -0.155. The van der Waals surface area contributed by atoms with Crippen LogP contribution >= 0.6 is 21.6 Å². The molecule has 0 aromatic carbocycles. The zero-order valence-corrected chi connectivity index (χ0v) is 19.1. The SMILES string of the molecule is CC(C)(C)OC(=O)CCC(C)(C)SSC[C@H](NC(=O)OC(C)(C)C)C(=O)O. The smallest absolute Gasteiger partial charge is 0.408 e. The van der Waals surface area contributed by atoms with Crippen molar-refractivity contribution in [2.75, 3.05) is 5.75 Å². The number of carbonyl (C=O) groups is 3. The second-order valence-electron chi connectivity index (χ2n) is 8.75. The number of carboxylic acids is 1. The summed E-state index contributed by atoms with van der Waals surface area (Å²) in [5.41, 5.74) is -1.20. The maximum Gasteiger partial charge on any atom is 0.408 e. The van der Waals surface area contributed by atoms with Gasteiger partial charge in [0.2, 0.25) is 0 Å². The summed E-state index contributed by atoms with van der Waals surface area (Å²) in [6.45, 7) is 14.6. The van der Waals surface area contributed by atoms with Crippen LogP contribution in [0.2, 0.25) is 0 Å². The number of hydrogen-bond donors (Lipinski definition) is 2. The molecule has 0 fully saturated rings. The van der Waals surface area contributed by atoms with E-state index in [1.165, 1.54) is 21.6 Å². The molecule has 27 heavy (non-hydrogen) atoms. The van der Waals surface area contributed by atoms with E-state index in [1.807, 2.05) is 34.6 Å². The molecule has 0 unspecified atom stereocenters. The van der Waals surface area contributed by atoms with Crippen molar-refractivity contribution in [3.05, 3.63) is 0 Å². The van der Waals surface area contributed by atoms with E-state index in [4.69, 9.17) is 9.47 Å². The molecule has 0 aliphatic carbocycles. The largest absolute Gasteiger partial charge is 0.480 e. The molecule has 0 heterocycles. The van der Waals surface area contributed by atoms with Crippen molar-refractivity contribution in [3.63, 3.8) is 0 Å². The summed E-state index contributed by atoms with van der Waals surface area (Å²) in [6, 6.07) is -1.06. The van der Waals surface area contributed by atoms with E-state index in [0.29, 0.717) is 6.42 Å². The minimum absolute atomic E-state index is 0.176. The first-order chi connectivity index (χ1) is 12.0. The lowest BCUT2D eigenvalue weighted by Gasteiger charge is -2.25. The number of alkyl carbamates (subject to hydrolysis) is 1. The van der Waals surface area contributed by atoms with E-state index >= 15 is 0 Å². The molecule has 0 bridgehead atoms. The molecule has 0 saturated heterocycles. The molecule has 2 N–H and O–H groups in total. The van der Waals surface area contributed by atoms with E-state index in [1.54, 1.807) is 20.8 Å². The normalized spacial score (nSPS) is 13.6. The van der Waals surface area contributed by atoms with Gasteiger partial charge in [-0.3, -0.25) is 4.79 Å². The molecule has 9 heteroatoms. The van der Waals surface area contributed by atoms with Gasteiger partial charge in [-0.15, -0.1) is 0 Å². The van der Waals surface area contributed by atoms with E-state index in [0.717, 1.165) is 0 Å². The molecule has 0 aliphatic heterocycles. The molecule has 0 aromatic rings. The third-order valence-electron chi connectivity index (χ3n) is 2.86. The standard InChI is InChI=1S/C18H33NO6S2/c1-16(2,3)24-13(20)9-10-18(7,8)27-26-11-12(14(21)22)19-15(23)25-17(4,5)6/h12H,9-11H2,1-8H3,(H,19,23)(H,21,22)/t12-/m0/s1. The quantitative estimate of drug-likeness (QED) is 0.419. The van der Waals surface area contributed by atoms with Crippen LogP contribution in [0.25, 0.3) is 0 Å². The van der Waals surface area contributed by atoms with Crippen molar-refractivity contribution in [1.82, 2.24) is 5.32 Å². The lowest BCUT2D eigenvalue weighted by atomic mass is 10.1. The first kappa shape index (κ1) is 25.9. The van der Waals surface area contributed by atoms with Crippen molar-refractivity contribution in [2.45, 2.75) is 90.2 Å². The zero-order valence-electron chi connectivity index (χ0n) is 17.5. The minimum atomic E-state index is -1.12. The maximum atomic E-state index is 11.8. The van der Waals surface area contributed by atoms with Gasteiger partial charge < -0.3 is 19.9 Å². The highest BCUT2D eigenvalue weighted by Crippen LogP contribution is 2.39. The first-order valence-corrected chi connectivity index (χ1v) is 11.1. The molecule has 1 amide bonds. The molecule has 0 aliphatic rings. The van der Waals surface area contributed by atoms with Gasteiger partial charge in [0.05, 0.1) is 0 Å². The Bertz CT molecular complexity index is 523. The van der Waals surface area contributed by atoms with Gasteiger partial charge in [0.1, 0.15) is 17.2 Å². The summed E-state index contributed by atoms with van der Waals surface area (Å²) in [4.78, 5) is 34.9. The zero-order chi connectivity index (χ0) is 21.5. The van der Waals surface area contributed by atoms with Crippen LogP contribution in [-0.2, 0) is 19.1 Å². The summed E-state index contributed by atoms with van der Waals surface area (Å²) >= 11 is 0. The highest BCUT2D eigenvalue weighted by Gasteiger charge is 2.27. The third kappa shape index (κ3) is 14.6. The second-order valence-corrected chi connectivity index (χ2v) is 11.8. The Morgan fingerprint density at radius 1 is 0.963 bits per heavy atom. The minimum Gasteiger partial charge on any atom is -0.480 e. The number of carbonyl (C=O) groups excluding carboxylic acids is 2. The van der Waals surface area contributed by atoms with E-state index in [2.05, 4.69) is 5.32 Å². The van der Waals surface area contributed by atoms with Crippen molar-refractivity contribution in [2.24, 2.45) is 0 Å². The van der Waals surface area contributed by atoms with Crippen molar-refractivity contribution in [3.8, 4) is 0 Å². The number of esters is 1. The van der Waals surface area contributed by atoms with Crippen LogP contribution in [0.3, 0.4) is 0 Å². The van der Waals surface area contributed by atoms with E-state index < -0.39 is 29.3 Å². The number of carboxylic acid groups (broad SMARTS) is 1. The number of ether oxygens (including phenoxy) is 2. The second kappa shape index (κ2) is 10.5. The van der Waals surface area contributed by atoms with Crippen molar-refractivity contribution < 1.29 is 29.0 Å². The summed E-state index contributed by atoms with van der Waals surface area (Å²) in [5.74, 6) is -1.20. The molecule has 1 atom stereocenters. The molecule has 158 valence electrons. The van der Waals surface area contributed by atoms with Crippen molar-refractivity contribution >= 4 is 39.6 Å². The first-order valence-electron chi connectivity index (χ1n) is 8.75. The molecular formula is C18H33NO6S2. The molecular weight excluding hydrogens is 390 g/mol. The lowest BCUT2D eigenvalue weighted by Crippen LogP contribution is -2.44. The average Bonchev–Trinajstić information content (AvgIpc) is 2.40. The summed E-state index contributed by atoms with van der Waals surface area (Å²) in [6.07, 6.45) is 0.123. The predicted molar refractivity (Wildman–Crippen MR) is 110 cm³/mol. The van der Waals surface area contributed by atoms with Crippen LogP contribution in [0, 0.1) is 0 Å². The fourth-order valence-corrected chi connectivity index (χ4v) is 4.48. The molecule has 0 radical (unpaired) electrons. The monoisotopic (exact) mass is 423 g/mol. The average molecular weight is 424 g/mol. The van der Waals surface area contributed by atoms with Gasteiger partial charge in [0, 0.05) is 16.9 Å². The summed E-state index contributed by atoms with van der Waals surface area (Å²) in [5, 5.41) is 11.6. The Morgan fingerprint density at radius 3 is 1.93 bits per heavy atom. The predicted octanol–water partition coefficient (Wildman–Crippen LogP) is 4.25. The van der Waals surface area contributed by atoms with E-state index in [-0.39, 0.29) is 22.9 Å². The summed E-state index contributed by atoms with van der Waals surface area (Å²) in [7, 11) is 2.81. The fraction of sp³-hybridized carbons (Fsp3) is 0.833. The van der Waals surface area contributed by atoms with Gasteiger partial charge >= 0.3 is 18.0 Å². The van der Waals surface area contributed by atoms with Crippen molar-refractivity contribution in [1.29, 1.82) is 0 Å². The molecule has 0 aromatic heterocycles. The highest BCUT2D eigenvalue weighted by atomic mass is 33.1. The van der Waals surface area contributed by atoms with Gasteiger partial charge in [0.15, 0.2) is 0 Å². The van der Waals surface area contributed by atoms with E-state index in [9.17, 15) is 19.5 Å². The topological polar surface area (TPSA) is 102 Å². The van der Waals surface area contributed by atoms with Crippen LogP contribution in [0.4, 0.5) is 4.79 Å². The van der Waals surface area contributed by atoms with Gasteiger partial charge in [-0.2, -0.15) is 0 Å². The molecule has 7 nitrogen and oxygen atoms in total. The van der Waals surface area contributed by atoms with Crippen LogP contribution in [0.1, 0.15) is 68.2 Å². The maximum absolute atomic E-state index is 11.8. The number of amides is 1. The number of nitrogens with one attached hydrogen (secondary N) is 1. The van der Waals surface area contributed by atoms with Crippen LogP contribution in [-0.4, -0.2) is 50.9 Å². The van der Waals surface area contributed by atoms with Gasteiger partial charge in [-0.1, -0.05) is 21.6 Å². The Morgan fingerprint density at radius 2 is 1.48 bits per heavy atom. The third-order valence-corrected chi connectivity index (χ3v) is 6.22. The van der Waals surface area contributed by atoms with Gasteiger partial charge in [-0.25, -0.2) is 9.59 Å². The number of aliphatic carboxylic acids is 1. The Kier molecular flexibility index (Phi) is 10.0. The highest BCUT2D eigenvalue weighted by molar-refractivity contribution is 8.77. The summed E-state index contributed by atoms with van der Waals surface area (Å²) < 4.78 is 10.1. The van der Waals surface area contributed by atoms with Gasteiger partial charge in [0.25, 0.3) is 0 Å². The number of hydrogen-bond acceptors (Lipinski definition) is 7. The van der Waals surface area contributed by atoms with Crippen LogP contribution < -0.4 is 5.32 Å². The molecule has 0 rings (SSSR count). The van der Waals surface area contributed by atoms with Crippen LogP contribution in [0.5, 0.6) is 0 Å². The number of rotatable bonds is 9. The Labute approximate surface area is 170 Å².